The summed E-state index contributed by atoms with van der Waals surface area (Å²) in [6.45, 7) is 6.07. The number of anilines is 6. The Kier molecular flexibility index (Phi) is 9.26. The maximum Gasteiger partial charge on any atom is 0.137 e. The summed E-state index contributed by atoms with van der Waals surface area (Å²) in [4.78, 5) is 4.65. The van der Waals surface area contributed by atoms with Crippen molar-refractivity contribution in [2.75, 3.05) is 9.80 Å². The average molecular weight is 948 g/mol. The summed E-state index contributed by atoms with van der Waals surface area (Å²) in [6.07, 6.45) is 5.92. The highest BCUT2D eigenvalue weighted by atomic mass is 16.3. The molecule has 4 aromatic heterocycles. The van der Waals surface area contributed by atoms with Crippen LogP contribution in [0.3, 0.4) is 0 Å². The molecule has 0 aliphatic rings. The molecule has 0 aliphatic carbocycles. The number of hydrogen-bond donors (Lipinski definition) is 0. The Morgan fingerprint density at radius 2 is 0.878 bits per heavy atom. The van der Waals surface area contributed by atoms with Gasteiger partial charge in [-0.2, -0.15) is 0 Å². The number of aromatic nitrogens is 1. The van der Waals surface area contributed by atoms with Crippen molar-refractivity contribution in [2.45, 2.75) is 6.92 Å². The van der Waals surface area contributed by atoms with Gasteiger partial charge in [-0.05, 0) is 161 Å². The van der Waals surface area contributed by atoms with Crippen LogP contribution in [-0.2, 0) is 0 Å². The van der Waals surface area contributed by atoms with Crippen LogP contribution in [0.4, 0.5) is 34.1 Å². The van der Waals surface area contributed by atoms with E-state index in [2.05, 4.69) is 239 Å². The van der Waals surface area contributed by atoms with Crippen molar-refractivity contribution < 1.29 is 8.83 Å². The third kappa shape index (κ3) is 6.43. The van der Waals surface area contributed by atoms with E-state index in [0.29, 0.717) is 0 Å². The van der Waals surface area contributed by atoms with Gasteiger partial charge in [-0.1, -0.05) is 116 Å². The lowest BCUT2D eigenvalue weighted by Crippen LogP contribution is -2.09. The lowest BCUT2D eigenvalue weighted by atomic mass is 9.97. The molecule has 0 atom stereocenters. The molecule has 5 nitrogen and oxygen atoms in total. The molecule has 74 heavy (non-hydrogen) atoms. The van der Waals surface area contributed by atoms with E-state index in [1.165, 1.54) is 60.0 Å². The van der Waals surface area contributed by atoms with Gasteiger partial charge >= 0.3 is 0 Å². The quantitative estimate of drug-likeness (QED) is 0.144. The highest BCUT2D eigenvalue weighted by molar-refractivity contribution is 6.27. The van der Waals surface area contributed by atoms with Crippen LogP contribution in [0.15, 0.2) is 246 Å². The van der Waals surface area contributed by atoms with Crippen LogP contribution in [0.5, 0.6) is 0 Å². The largest absolute Gasteiger partial charge is 0.456 e. The lowest BCUT2D eigenvalue weighted by molar-refractivity contribution is 0.603. The topological polar surface area (TPSA) is 37.2 Å². The van der Waals surface area contributed by atoms with Crippen molar-refractivity contribution in [3.63, 3.8) is 0 Å². The van der Waals surface area contributed by atoms with Crippen LogP contribution in [0.25, 0.3) is 116 Å². The van der Waals surface area contributed by atoms with Gasteiger partial charge in [0.05, 0.1) is 16.6 Å². The SMILES string of the molecule is C=Cc1oc2cc(N(c3ccccc3)c3ccc4cc5c6cc(-c7ccccc7)cc7c8cc9ccc(N(c%10ccccc%10)c%10ccc%11c(c%10)oc%10ccccc%10%11)cc9cc8n(c5cc4c3)c67)ccc2c1/C=C\C. The van der Waals surface area contributed by atoms with Crippen LogP contribution >= 0.6 is 0 Å². The maximum absolute atomic E-state index is 6.43. The van der Waals surface area contributed by atoms with Crippen molar-refractivity contribution in [2.24, 2.45) is 0 Å². The molecule has 0 amide bonds. The fraction of sp³-hybridized carbons (Fsp3) is 0.0145. The Labute approximate surface area is 426 Å². The van der Waals surface area contributed by atoms with Crippen LogP contribution in [0.2, 0.25) is 0 Å². The highest BCUT2D eigenvalue weighted by Gasteiger charge is 2.23. The Bertz CT molecular complexity index is 4750. The number of benzene rings is 11. The zero-order valence-electron chi connectivity index (χ0n) is 40.5. The summed E-state index contributed by atoms with van der Waals surface area (Å²) >= 11 is 0. The van der Waals surface area contributed by atoms with Crippen LogP contribution < -0.4 is 9.80 Å². The third-order valence-corrected chi connectivity index (χ3v) is 15.1. The second kappa shape index (κ2) is 16.4. The first kappa shape index (κ1) is 41.9. The van der Waals surface area contributed by atoms with E-state index in [0.717, 1.165) is 89.1 Å². The number of allylic oxidation sites excluding steroid dienone is 1. The molecule has 348 valence electrons. The van der Waals surface area contributed by atoms with Crippen molar-refractivity contribution >= 4 is 139 Å². The molecule has 0 bridgehead atoms. The molecule has 15 aromatic rings. The van der Waals surface area contributed by atoms with Crippen LogP contribution in [0, 0.1) is 0 Å². The van der Waals surface area contributed by atoms with Crippen molar-refractivity contribution in [3.05, 3.63) is 248 Å². The molecule has 0 saturated carbocycles. The molecule has 0 spiro atoms. The number of nitrogens with zero attached hydrogens (tertiary/aromatic N) is 3. The van der Waals surface area contributed by atoms with Crippen LogP contribution in [-0.4, -0.2) is 4.40 Å². The summed E-state index contributed by atoms with van der Waals surface area (Å²) in [5.41, 5.74) is 15.9. The lowest BCUT2D eigenvalue weighted by Gasteiger charge is -2.26. The van der Waals surface area contributed by atoms with Gasteiger partial charge in [-0.3, -0.25) is 0 Å². The first-order valence-electron chi connectivity index (χ1n) is 25.2. The second-order valence-electron chi connectivity index (χ2n) is 19.3. The molecule has 0 saturated heterocycles. The van der Waals surface area contributed by atoms with E-state index in [4.69, 9.17) is 8.83 Å². The predicted octanol–water partition coefficient (Wildman–Crippen LogP) is 20.1. The summed E-state index contributed by atoms with van der Waals surface area (Å²) in [5.74, 6) is 0.768. The van der Waals surface area contributed by atoms with E-state index >= 15 is 0 Å². The summed E-state index contributed by atoms with van der Waals surface area (Å²) in [5, 5.41) is 12.9. The molecule has 4 heterocycles. The Balaban J connectivity index is 0.938. The normalized spacial score (nSPS) is 12.1. The molecular weight excluding hydrogens is 903 g/mol. The molecule has 5 heteroatoms. The van der Waals surface area contributed by atoms with E-state index in [9.17, 15) is 0 Å². The summed E-state index contributed by atoms with van der Waals surface area (Å²) in [6, 6.07) is 81.4. The zero-order valence-corrected chi connectivity index (χ0v) is 40.5. The molecule has 0 fully saturated rings. The van der Waals surface area contributed by atoms with Gasteiger partial charge in [0.1, 0.15) is 22.5 Å². The second-order valence-corrected chi connectivity index (χ2v) is 19.3. The van der Waals surface area contributed by atoms with Gasteiger partial charge in [-0.25, -0.2) is 0 Å². The Morgan fingerprint density at radius 3 is 1.46 bits per heavy atom. The Hall–Kier alpha value is -9.84. The van der Waals surface area contributed by atoms with Gasteiger partial charge in [0.25, 0.3) is 0 Å². The standard InChI is InChI=1S/C69H45N3O2/c1-3-16-55-57-31-29-53(41-67(57)73-65(55)4-2)70(49-19-10-6-11-20-49)51-27-25-44-35-59-61-37-48(43-17-8-5-9-18-43)38-62-60-36-45-26-28-52(34-47(45)40-64(60)72(69(61)62)63(59)39-46(44)33-51)71(50-21-12-7-13-22-50)54-30-32-58-56-23-14-15-24-66(56)74-68(58)42-54/h3-42H,2H2,1H3/b16-3-. The fourth-order valence-corrected chi connectivity index (χ4v) is 11.7. The van der Waals surface area contributed by atoms with Crippen molar-refractivity contribution in [1.29, 1.82) is 0 Å². The van der Waals surface area contributed by atoms with Crippen LogP contribution in [0.1, 0.15) is 18.2 Å². The summed E-state index contributed by atoms with van der Waals surface area (Å²) < 4.78 is 15.4. The van der Waals surface area contributed by atoms with E-state index in [-0.39, 0.29) is 0 Å². The molecule has 0 aliphatic heterocycles. The number of para-hydroxylation sites is 3. The number of hydrogen-bond acceptors (Lipinski definition) is 4. The zero-order chi connectivity index (χ0) is 49.0. The smallest absolute Gasteiger partial charge is 0.137 e. The van der Waals surface area contributed by atoms with Gasteiger partial charge in [0, 0.05) is 89.5 Å². The monoisotopic (exact) mass is 947 g/mol. The van der Waals surface area contributed by atoms with Gasteiger partial charge in [-0.15, -0.1) is 0 Å². The van der Waals surface area contributed by atoms with Gasteiger partial charge in [0.15, 0.2) is 0 Å². The predicted molar refractivity (Wildman–Crippen MR) is 313 cm³/mol. The Morgan fingerprint density at radius 1 is 0.378 bits per heavy atom. The first-order chi connectivity index (χ1) is 36.6. The molecular formula is C69H45N3O2. The van der Waals surface area contributed by atoms with E-state index < -0.39 is 0 Å². The third-order valence-electron chi connectivity index (χ3n) is 15.1. The number of rotatable bonds is 9. The minimum Gasteiger partial charge on any atom is -0.456 e. The molecule has 0 unspecified atom stereocenters. The van der Waals surface area contributed by atoms with Gasteiger partial charge in [0.2, 0.25) is 0 Å². The summed E-state index contributed by atoms with van der Waals surface area (Å²) in [7, 11) is 0. The average Bonchev–Trinajstić information content (AvgIpc) is 4.26. The first-order valence-corrected chi connectivity index (χ1v) is 25.2. The fourth-order valence-electron chi connectivity index (χ4n) is 11.7. The highest BCUT2D eigenvalue weighted by Crippen LogP contribution is 2.47. The van der Waals surface area contributed by atoms with E-state index in [1.807, 2.05) is 25.1 Å². The number of furan rings is 2. The van der Waals surface area contributed by atoms with Gasteiger partial charge < -0.3 is 23.0 Å². The van der Waals surface area contributed by atoms with E-state index in [1.54, 1.807) is 6.08 Å². The van der Waals surface area contributed by atoms with Crippen molar-refractivity contribution in [1.82, 2.24) is 4.40 Å². The molecule has 0 N–H and O–H groups in total. The molecule has 15 rings (SSSR count). The minimum atomic E-state index is 0.768. The minimum absolute atomic E-state index is 0.768. The molecule has 0 radical (unpaired) electrons. The molecule has 11 aromatic carbocycles. The van der Waals surface area contributed by atoms with Crippen molar-refractivity contribution in [3.8, 4) is 11.1 Å². The maximum atomic E-state index is 6.43. The number of fused-ring (bicyclic) bond motifs is 12.